The number of hydrogen-bond acceptors (Lipinski definition) is 6. The van der Waals surface area contributed by atoms with Crippen LogP contribution in [0.4, 0.5) is 15.8 Å². The predicted molar refractivity (Wildman–Crippen MR) is 72.9 cm³/mol. The third kappa shape index (κ3) is 3.15. The lowest BCUT2D eigenvalue weighted by Crippen LogP contribution is -2.12. The van der Waals surface area contributed by atoms with E-state index >= 15 is 0 Å². The van der Waals surface area contributed by atoms with Crippen molar-refractivity contribution >= 4 is 32.7 Å². The Balaban J connectivity index is 2.33. The summed E-state index contributed by atoms with van der Waals surface area (Å²) in [5.41, 5.74) is -0.897. The van der Waals surface area contributed by atoms with Crippen molar-refractivity contribution in [3.63, 3.8) is 0 Å². The van der Waals surface area contributed by atoms with Crippen LogP contribution in [0.2, 0.25) is 0 Å². The molecule has 10 heteroatoms. The summed E-state index contributed by atoms with van der Waals surface area (Å²) < 4.78 is 39.5. The quantitative estimate of drug-likeness (QED) is 0.684. The lowest BCUT2D eigenvalue weighted by Gasteiger charge is -2.06. The molecule has 0 saturated heterocycles. The number of nitro benzene ring substituents is 1. The monoisotopic (exact) mass is 327 g/mol. The Bertz CT molecular complexity index is 855. The van der Waals surface area contributed by atoms with Gasteiger partial charge in [-0.15, -0.1) is 11.3 Å². The first-order valence-electron chi connectivity index (χ1n) is 5.30. The molecule has 2 rings (SSSR count). The van der Waals surface area contributed by atoms with Crippen LogP contribution in [0.3, 0.4) is 0 Å². The first kappa shape index (κ1) is 14.9. The zero-order valence-corrected chi connectivity index (χ0v) is 11.7. The van der Waals surface area contributed by atoms with Gasteiger partial charge in [-0.2, -0.15) is 5.26 Å². The summed E-state index contributed by atoms with van der Waals surface area (Å²) in [5.74, 6) is -1.06. The van der Waals surface area contributed by atoms with Crippen LogP contribution in [0.5, 0.6) is 0 Å². The number of nitrogens with one attached hydrogen (secondary N) is 1. The van der Waals surface area contributed by atoms with E-state index in [0.717, 1.165) is 23.5 Å². The SMILES string of the molecule is N#Cc1ccc(S(=O)(=O)Nc2ccc([N+](=O)[O-])cc2F)s1. The summed E-state index contributed by atoms with van der Waals surface area (Å²) in [5, 5.41) is 19.1. The Morgan fingerprint density at radius 1 is 1.33 bits per heavy atom. The van der Waals surface area contributed by atoms with Gasteiger partial charge in [-0.1, -0.05) is 0 Å². The van der Waals surface area contributed by atoms with Gasteiger partial charge in [0.05, 0.1) is 16.7 Å². The number of nitriles is 1. The third-order valence-electron chi connectivity index (χ3n) is 2.36. The Kier molecular flexibility index (Phi) is 3.88. The number of rotatable bonds is 4. The molecule has 1 aromatic carbocycles. The van der Waals surface area contributed by atoms with E-state index in [1.807, 2.05) is 4.72 Å². The van der Waals surface area contributed by atoms with Crippen LogP contribution in [-0.2, 0) is 10.0 Å². The highest BCUT2D eigenvalue weighted by Crippen LogP contribution is 2.26. The van der Waals surface area contributed by atoms with E-state index in [1.165, 1.54) is 12.1 Å². The summed E-state index contributed by atoms with van der Waals surface area (Å²) in [6, 6.07) is 6.90. The molecule has 0 atom stereocenters. The lowest BCUT2D eigenvalue weighted by molar-refractivity contribution is -0.385. The zero-order chi connectivity index (χ0) is 15.6. The molecule has 0 amide bonds. The van der Waals surface area contributed by atoms with E-state index in [4.69, 9.17) is 5.26 Å². The average Bonchev–Trinajstić information content (AvgIpc) is 2.90. The van der Waals surface area contributed by atoms with Gasteiger partial charge in [0.2, 0.25) is 0 Å². The normalized spacial score (nSPS) is 10.9. The summed E-state index contributed by atoms with van der Waals surface area (Å²) in [6.07, 6.45) is 0. The van der Waals surface area contributed by atoms with E-state index in [-0.39, 0.29) is 9.09 Å². The molecule has 0 spiro atoms. The third-order valence-corrected chi connectivity index (χ3v) is 5.21. The highest BCUT2D eigenvalue weighted by molar-refractivity contribution is 7.94. The van der Waals surface area contributed by atoms with E-state index in [0.29, 0.717) is 6.07 Å². The second-order valence-corrected chi connectivity index (χ2v) is 6.75. The minimum absolute atomic E-state index is 0.156. The van der Waals surface area contributed by atoms with Crippen LogP contribution in [0, 0.1) is 27.3 Å². The highest BCUT2D eigenvalue weighted by Gasteiger charge is 2.20. The van der Waals surface area contributed by atoms with Gasteiger partial charge in [0, 0.05) is 6.07 Å². The fourth-order valence-corrected chi connectivity index (χ4v) is 3.59. The second kappa shape index (κ2) is 5.47. The number of non-ortho nitro benzene ring substituents is 1. The van der Waals surface area contributed by atoms with Gasteiger partial charge in [0.1, 0.15) is 15.2 Å². The molecule has 1 heterocycles. The Morgan fingerprint density at radius 2 is 2.05 bits per heavy atom. The molecule has 0 fully saturated rings. The Labute approximate surface area is 122 Å². The number of nitro groups is 1. The summed E-state index contributed by atoms with van der Waals surface area (Å²) in [6.45, 7) is 0. The summed E-state index contributed by atoms with van der Waals surface area (Å²) >= 11 is 0.731. The smallest absolute Gasteiger partial charge is 0.272 e. The molecule has 0 aliphatic heterocycles. The number of hydrogen-bond donors (Lipinski definition) is 1. The molecule has 7 nitrogen and oxygen atoms in total. The van der Waals surface area contributed by atoms with Crippen molar-refractivity contribution in [3.05, 3.63) is 51.1 Å². The van der Waals surface area contributed by atoms with Gasteiger partial charge < -0.3 is 0 Å². The van der Waals surface area contributed by atoms with Gasteiger partial charge >= 0.3 is 0 Å². The standard InChI is InChI=1S/C11H6FN3O4S2/c12-9-5-7(15(16)17)1-3-10(9)14-21(18,19)11-4-2-8(6-13)20-11/h1-5,14H. The molecule has 2 aromatic rings. The molecular formula is C11H6FN3O4S2. The van der Waals surface area contributed by atoms with Gasteiger partial charge in [-0.3, -0.25) is 14.8 Å². The molecule has 108 valence electrons. The first-order valence-corrected chi connectivity index (χ1v) is 7.60. The average molecular weight is 327 g/mol. The predicted octanol–water partition coefficient (Wildman–Crippen LogP) is 2.47. The van der Waals surface area contributed by atoms with Crippen molar-refractivity contribution in [2.75, 3.05) is 4.72 Å². The van der Waals surface area contributed by atoms with Gasteiger partial charge in [0.15, 0.2) is 5.82 Å². The zero-order valence-electron chi connectivity index (χ0n) is 10.1. The van der Waals surface area contributed by atoms with Gasteiger partial charge in [-0.05, 0) is 18.2 Å². The van der Waals surface area contributed by atoms with Crippen LogP contribution in [0.15, 0.2) is 34.5 Å². The topological polar surface area (TPSA) is 113 Å². The van der Waals surface area contributed by atoms with E-state index in [1.54, 1.807) is 6.07 Å². The molecule has 0 unspecified atom stereocenters. The van der Waals surface area contributed by atoms with Crippen molar-refractivity contribution in [2.45, 2.75) is 4.21 Å². The highest BCUT2D eigenvalue weighted by atomic mass is 32.2. The fourth-order valence-electron chi connectivity index (χ4n) is 1.42. The van der Waals surface area contributed by atoms with Crippen LogP contribution in [-0.4, -0.2) is 13.3 Å². The maximum atomic E-state index is 13.6. The van der Waals surface area contributed by atoms with Crippen molar-refractivity contribution in [3.8, 4) is 6.07 Å². The van der Waals surface area contributed by atoms with E-state index in [9.17, 15) is 22.9 Å². The summed E-state index contributed by atoms with van der Waals surface area (Å²) in [4.78, 5) is 9.88. The maximum Gasteiger partial charge on any atom is 0.272 e. The molecule has 0 saturated carbocycles. The van der Waals surface area contributed by atoms with Crippen LogP contribution >= 0.6 is 11.3 Å². The van der Waals surface area contributed by atoms with Crippen LogP contribution in [0.25, 0.3) is 0 Å². The lowest BCUT2D eigenvalue weighted by atomic mass is 10.3. The number of halogens is 1. The fraction of sp³-hybridized carbons (Fsp3) is 0. The molecular weight excluding hydrogens is 321 g/mol. The summed E-state index contributed by atoms with van der Waals surface area (Å²) in [7, 11) is -4.05. The largest absolute Gasteiger partial charge is 0.276 e. The minimum Gasteiger partial charge on any atom is -0.276 e. The second-order valence-electron chi connectivity index (χ2n) is 3.76. The van der Waals surface area contributed by atoms with E-state index in [2.05, 4.69) is 0 Å². The molecule has 1 aromatic heterocycles. The number of sulfonamides is 1. The number of benzene rings is 1. The molecule has 0 bridgehead atoms. The van der Waals surface area contributed by atoms with E-state index < -0.39 is 32.1 Å². The Morgan fingerprint density at radius 3 is 2.57 bits per heavy atom. The number of nitrogens with zero attached hydrogens (tertiary/aromatic N) is 2. The number of anilines is 1. The Hall–Kier alpha value is -2.51. The van der Waals surface area contributed by atoms with Crippen molar-refractivity contribution in [1.29, 1.82) is 5.26 Å². The number of thiophene rings is 1. The van der Waals surface area contributed by atoms with Crippen molar-refractivity contribution in [1.82, 2.24) is 0 Å². The molecule has 0 aliphatic carbocycles. The van der Waals surface area contributed by atoms with Crippen molar-refractivity contribution < 1.29 is 17.7 Å². The molecule has 21 heavy (non-hydrogen) atoms. The molecule has 0 radical (unpaired) electrons. The van der Waals surface area contributed by atoms with Crippen LogP contribution in [0.1, 0.15) is 4.88 Å². The van der Waals surface area contributed by atoms with Gasteiger partial charge in [-0.25, -0.2) is 12.8 Å². The van der Waals surface area contributed by atoms with Crippen molar-refractivity contribution in [2.24, 2.45) is 0 Å². The maximum absolute atomic E-state index is 13.6. The first-order chi connectivity index (χ1) is 9.83. The minimum atomic E-state index is -4.05. The molecule has 1 N–H and O–H groups in total. The van der Waals surface area contributed by atoms with Gasteiger partial charge in [0.25, 0.3) is 15.7 Å². The molecule has 0 aliphatic rings. The van der Waals surface area contributed by atoms with Crippen LogP contribution < -0.4 is 4.72 Å².